The second-order valence-corrected chi connectivity index (χ2v) is 5.71. The maximum absolute atomic E-state index is 2.31. The van der Waals surface area contributed by atoms with E-state index in [4.69, 9.17) is 0 Å². The molecule has 1 heterocycles. The molecule has 2 rings (SSSR count). The van der Waals surface area contributed by atoms with Gasteiger partial charge in [-0.25, -0.2) is 0 Å². The van der Waals surface area contributed by atoms with Crippen molar-refractivity contribution < 1.29 is 0 Å². The molecule has 0 unspecified atom stereocenters. The summed E-state index contributed by atoms with van der Waals surface area (Å²) in [5.41, 5.74) is 1.44. The molecule has 0 nitrogen and oxygen atoms in total. The maximum atomic E-state index is 2.31. The van der Waals surface area contributed by atoms with Gasteiger partial charge in [0.15, 0.2) is 0 Å². The molecule has 90 valence electrons. The van der Waals surface area contributed by atoms with Crippen molar-refractivity contribution in [1.29, 1.82) is 0 Å². The van der Waals surface area contributed by atoms with Crippen molar-refractivity contribution >= 4 is 11.3 Å². The van der Waals surface area contributed by atoms with Crippen LogP contribution < -0.4 is 0 Å². The largest absolute Gasteiger partial charge is 0.145 e. The molecule has 0 radical (unpaired) electrons. The first-order chi connectivity index (χ1) is 8.38. The molecule has 17 heavy (non-hydrogen) atoms. The van der Waals surface area contributed by atoms with Crippen LogP contribution in [0.15, 0.2) is 42.5 Å². The Labute approximate surface area is 108 Å². The van der Waals surface area contributed by atoms with E-state index in [1.165, 1.54) is 36.1 Å². The van der Waals surface area contributed by atoms with Crippen molar-refractivity contribution in [3.05, 3.63) is 57.8 Å². The van der Waals surface area contributed by atoms with Crippen LogP contribution in [0.2, 0.25) is 0 Å². The van der Waals surface area contributed by atoms with E-state index in [0.717, 1.165) is 6.42 Å². The summed E-state index contributed by atoms with van der Waals surface area (Å²) in [6.45, 7) is 2.25. The topological polar surface area (TPSA) is 0 Å². The van der Waals surface area contributed by atoms with Gasteiger partial charge < -0.3 is 0 Å². The van der Waals surface area contributed by atoms with Gasteiger partial charge in [0.2, 0.25) is 0 Å². The molecule has 0 aliphatic heterocycles. The summed E-state index contributed by atoms with van der Waals surface area (Å²) in [7, 11) is 0. The molecule has 0 saturated carbocycles. The first-order valence-corrected chi connectivity index (χ1v) is 7.31. The maximum Gasteiger partial charge on any atom is 0.00514 e. The number of rotatable bonds is 6. The van der Waals surface area contributed by atoms with Gasteiger partial charge in [0.05, 0.1) is 0 Å². The molecule has 0 fully saturated rings. The summed E-state index contributed by atoms with van der Waals surface area (Å²) in [6.07, 6.45) is 6.21. The minimum absolute atomic E-state index is 1.16. The van der Waals surface area contributed by atoms with Crippen molar-refractivity contribution in [3.63, 3.8) is 0 Å². The van der Waals surface area contributed by atoms with Crippen molar-refractivity contribution in [2.24, 2.45) is 0 Å². The molecule has 0 bridgehead atoms. The molecule has 0 aliphatic carbocycles. The molecule has 2 aromatic rings. The fraction of sp³-hybridized carbons (Fsp3) is 0.375. The molecule has 0 amide bonds. The van der Waals surface area contributed by atoms with Crippen LogP contribution in [-0.2, 0) is 19.3 Å². The Balaban J connectivity index is 1.85. The predicted molar refractivity (Wildman–Crippen MR) is 76.8 cm³/mol. The molecule has 0 aliphatic rings. The van der Waals surface area contributed by atoms with E-state index in [0.29, 0.717) is 0 Å². The highest BCUT2D eigenvalue weighted by molar-refractivity contribution is 7.11. The van der Waals surface area contributed by atoms with Gasteiger partial charge in [0, 0.05) is 9.75 Å². The summed E-state index contributed by atoms with van der Waals surface area (Å²) < 4.78 is 0. The third kappa shape index (κ3) is 4.01. The van der Waals surface area contributed by atoms with E-state index in [2.05, 4.69) is 49.4 Å². The van der Waals surface area contributed by atoms with E-state index in [1.807, 2.05) is 11.3 Å². The standard InChI is InChI=1S/C16H20S/c1-2-3-9-15-12-13-16(17-15)11-10-14-7-5-4-6-8-14/h4-8,12-13H,2-3,9-11H2,1H3. The van der Waals surface area contributed by atoms with Crippen LogP contribution in [-0.4, -0.2) is 0 Å². The number of aryl methyl sites for hydroxylation is 3. The minimum Gasteiger partial charge on any atom is -0.145 e. The smallest absolute Gasteiger partial charge is 0.00514 e. The lowest BCUT2D eigenvalue weighted by Gasteiger charge is -1.98. The summed E-state index contributed by atoms with van der Waals surface area (Å²) in [5.74, 6) is 0. The second-order valence-electron chi connectivity index (χ2n) is 4.46. The Morgan fingerprint density at radius 3 is 2.24 bits per heavy atom. The van der Waals surface area contributed by atoms with Crippen molar-refractivity contribution in [3.8, 4) is 0 Å². The lowest BCUT2D eigenvalue weighted by Crippen LogP contribution is -1.87. The average molecular weight is 244 g/mol. The lowest BCUT2D eigenvalue weighted by atomic mass is 10.1. The second kappa shape index (κ2) is 6.61. The molecular weight excluding hydrogens is 224 g/mol. The predicted octanol–water partition coefficient (Wildman–Crippen LogP) is 4.88. The van der Waals surface area contributed by atoms with Gasteiger partial charge in [-0.2, -0.15) is 0 Å². The van der Waals surface area contributed by atoms with Gasteiger partial charge in [0.1, 0.15) is 0 Å². The van der Waals surface area contributed by atoms with Crippen molar-refractivity contribution in [2.75, 3.05) is 0 Å². The number of unbranched alkanes of at least 4 members (excludes halogenated alkanes) is 1. The van der Waals surface area contributed by atoms with E-state index >= 15 is 0 Å². The highest BCUT2D eigenvalue weighted by Gasteiger charge is 2.00. The van der Waals surface area contributed by atoms with Gasteiger partial charge in [0.25, 0.3) is 0 Å². The third-order valence-electron chi connectivity index (χ3n) is 3.00. The Morgan fingerprint density at radius 1 is 0.824 bits per heavy atom. The number of hydrogen-bond donors (Lipinski definition) is 0. The van der Waals surface area contributed by atoms with E-state index in [9.17, 15) is 0 Å². The third-order valence-corrected chi connectivity index (χ3v) is 4.20. The Kier molecular flexibility index (Phi) is 4.81. The van der Waals surface area contributed by atoms with E-state index in [1.54, 1.807) is 4.88 Å². The van der Waals surface area contributed by atoms with Crippen LogP contribution in [0.5, 0.6) is 0 Å². The van der Waals surface area contributed by atoms with Crippen LogP contribution in [0.25, 0.3) is 0 Å². The van der Waals surface area contributed by atoms with Crippen molar-refractivity contribution in [1.82, 2.24) is 0 Å². The zero-order valence-corrected chi connectivity index (χ0v) is 11.3. The van der Waals surface area contributed by atoms with Crippen LogP contribution in [0.4, 0.5) is 0 Å². The van der Waals surface area contributed by atoms with Crippen LogP contribution in [0.3, 0.4) is 0 Å². The molecule has 0 spiro atoms. The average Bonchev–Trinajstić information content (AvgIpc) is 2.83. The molecule has 1 aromatic heterocycles. The highest BCUT2D eigenvalue weighted by Crippen LogP contribution is 2.20. The van der Waals surface area contributed by atoms with Crippen LogP contribution in [0, 0.1) is 0 Å². The lowest BCUT2D eigenvalue weighted by molar-refractivity contribution is 0.804. The fourth-order valence-corrected chi connectivity index (χ4v) is 3.01. The summed E-state index contributed by atoms with van der Waals surface area (Å²) in [4.78, 5) is 3.08. The van der Waals surface area contributed by atoms with Crippen LogP contribution in [0.1, 0.15) is 35.1 Å². The van der Waals surface area contributed by atoms with Gasteiger partial charge in [-0.3, -0.25) is 0 Å². The summed E-state index contributed by atoms with van der Waals surface area (Å²) in [5, 5.41) is 0. The summed E-state index contributed by atoms with van der Waals surface area (Å²) >= 11 is 1.99. The van der Waals surface area contributed by atoms with E-state index in [-0.39, 0.29) is 0 Å². The molecule has 1 aromatic carbocycles. The van der Waals surface area contributed by atoms with Crippen molar-refractivity contribution in [2.45, 2.75) is 39.0 Å². The molecule has 1 heteroatoms. The monoisotopic (exact) mass is 244 g/mol. The summed E-state index contributed by atoms with van der Waals surface area (Å²) in [6, 6.07) is 15.4. The number of thiophene rings is 1. The Hall–Kier alpha value is -1.08. The zero-order chi connectivity index (χ0) is 11.9. The molecular formula is C16H20S. The minimum atomic E-state index is 1.16. The zero-order valence-electron chi connectivity index (χ0n) is 10.5. The molecule has 0 saturated heterocycles. The quantitative estimate of drug-likeness (QED) is 0.679. The van der Waals surface area contributed by atoms with Crippen LogP contribution >= 0.6 is 11.3 Å². The van der Waals surface area contributed by atoms with E-state index < -0.39 is 0 Å². The molecule has 0 atom stereocenters. The normalized spacial score (nSPS) is 10.6. The van der Waals surface area contributed by atoms with Gasteiger partial charge in [-0.1, -0.05) is 43.7 Å². The molecule has 0 N–H and O–H groups in total. The first kappa shape index (κ1) is 12.4. The number of benzene rings is 1. The highest BCUT2D eigenvalue weighted by atomic mass is 32.1. The van der Waals surface area contributed by atoms with Gasteiger partial charge in [-0.15, -0.1) is 11.3 Å². The Bertz CT molecular complexity index is 428. The fourth-order valence-electron chi connectivity index (χ4n) is 1.95. The van der Waals surface area contributed by atoms with Gasteiger partial charge >= 0.3 is 0 Å². The first-order valence-electron chi connectivity index (χ1n) is 6.50. The number of hydrogen-bond acceptors (Lipinski definition) is 1. The Morgan fingerprint density at radius 2 is 1.53 bits per heavy atom. The van der Waals surface area contributed by atoms with Gasteiger partial charge in [-0.05, 0) is 43.4 Å². The SMILES string of the molecule is CCCCc1ccc(CCc2ccccc2)s1.